The SMILES string of the molecule is C1=Cc2cc3ncccc3cc2N=I1. The fourth-order valence-electron chi connectivity index (χ4n) is 1.51. The first-order valence-electron chi connectivity index (χ1n) is 4.32. The lowest BCUT2D eigenvalue weighted by molar-refractivity contribution is 1.41. The molecule has 0 atom stereocenters. The van der Waals surface area contributed by atoms with E-state index in [9.17, 15) is 0 Å². The number of benzene rings is 1. The van der Waals surface area contributed by atoms with Crippen molar-refractivity contribution in [2.75, 3.05) is 0 Å². The highest BCUT2D eigenvalue weighted by Crippen LogP contribution is 2.33. The van der Waals surface area contributed by atoms with Crippen LogP contribution in [0.3, 0.4) is 0 Å². The summed E-state index contributed by atoms with van der Waals surface area (Å²) < 4.78 is 6.72. The van der Waals surface area contributed by atoms with Crippen LogP contribution in [0.2, 0.25) is 0 Å². The molecule has 0 aliphatic carbocycles. The van der Waals surface area contributed by atoms with Crippen LogP contribution < -0.4 is 0 Å². The van der Waals surface area contributed by atoms with Crippen LogP contribution in [0.4, 0.5) is 5.69 Å². The number of nitrogens with zero attached hydrogens (tertiary/aromatic N) is 2. The third-order valence-corrected chi connectivity index (χ3v) is 3.67. The van der Waals surface area contributed by atoms with E-state index in [0.717, 1.165) is 11.2 Å². The van der Waals surface area contributed by atoms with Crippen molar-refractivity contribution in [3.8, 4) is 0 Å². The summed E-state index contributed by atoms with van der Waals surface area (Å²) in [5.41, 5.74) is 3.37. The predicted octanol–water partition coefficient (Wildman–Crippen LogP) is 4.00. The molecule has 14 heavy (non-hydrogen) atoms. The lowest BCUT2D eigenvalue weighted by atomic mass is 10.1. The Morgan fingerprint density at radius 3 is 3.21 bits per heavy atom. The number of pyridine rings is 1. The molecule has 2 heterocycles. The van der Waals surface area contributed by atoms with Crippen molar-refractivity contribution in [3.05, 3.63) is 40.1 Å². The van der Waals surface area contributed by atoms with E-state index in [1.807, 2.05) is 12.3 Å². The minimum absolute atomic E-state index is 0.107. The van der Waals surface area contributed by atoms with Gasteiger partial charge in [-0.2, -0.15) is 0 Å². The second-order valence-electron chi connectivity index (χ2n) is 3.08. The Balaban J connectivity index is 2.40. The first kappa shape index (κ1) is 8.23. The first-order chi connectivity index (χ1) is 6.93. The molecule has 1 aromatic carbocycles. The van der Waals surface area contributed by atoms with Gasteiger partial charge in [-0.05, 0) is 28.4 Å². The Morgan fingerprint density at radius 2 is 2.21 bits per heavy atom. The van der Waals surface area contributed by atoms with E-state index >= 15 is 0 Å². The Labute approximate surface area is 91.8 Å². The third-order valence-electron chi connectivity index (χ3n) is 2.19. The summed E-state index contributed by atoms with van der Waals surface area (Å²) in [5.74, 6) is 0. The Hall–Kier alpha value is -1.10. The fraction of sp³-hybridized carbons (Fsp3) is 0. The summed E-state index contributed by atoms with van der Waals surface area (Å²) in [4.78, 5) is 4.32. The standard InChI is InChI=1S/C11H7IN2/c1-2-8-7-11-9(3-4-12-14-11)6-10(8)13-5-1/h1-7H. The highest BCUT2D eigenvalue weighted by molar-refractivity contribution is 14.2. The van der Waals surface area contributed by atoms with Crippen molar-refractivity contribution in [1.82, 2.24) is 4.98 Å². The Bertz CT molecular complexity index is 508. The molecule has 0 bridgehead atoms. The van der Waals surface area contributed by atoms with Gasteiger partial charge in [-0.1, -0.05) is 6.07 Å². The van der Waals surface area contributed by atoms with Gasteiger partial charge in [0, 0.05) is 38.2 Å². The van der Waals surface area contributed by atoms with Crippen molar-refractivity contribution in [2.24, 2.45) is 3.15 Å². The molecule has 1 aliphatic heterocycles. The van der Waals surface area contributed by atoms with Gasteiger partial charge in [-0.25, -0.2) is 3.15 Å². The van der Waals surface area contributed by atoms with Crippen LogP contribution in [-0.4, -0.2) is 4.98 Å². The third kappa shape index (κ3) is 1.28. The molecule has 1 aliphatic rings. The number of hydrogen-bond acceptors (Lipinski definition) is 2. The van der Waals surface area contributed by atoms with Crippen LogP contribution in [0.15, 0.2) is 37.7 Å². The van der Waals surface area contributed by atoms with Crippen LogP contribution in [0, 0.1) is 0 Å². The largest absolute Gasteiger partial charge is 0.256 e. The van der Waals surface area contributed by atoms with E-state index in [2.05, 4.69) is 36.5 Å². The highest BCUT2D eigenvalue weighted by atomic mass is 127. The number of rotatable bonds is 0. The lowest BCUT2D eigenvalue weighted by Gasteiger charge is -2.05. The van der Waals surface area contributed by atoms with Crippen LogP contribution in [0.1, 0.15) is 5.56 Å². The van der Waals surface area contributed by atoms with Gasteiger partial charge in [0.15, 0.2) is 0 Å². The summed E-state index contributed by atoms with van der Waals surface area (Å²) in [6.07, 6.45) is 3.98. The molecule has 0 unspecified atom stereocenters. The highest BCUT2D eigenvalue weighted by Gasteiger charge is 2.03. The molecule has 0 saturated carbocycles. The summed E-state index contributed by atoms with van der Waals surface area (Å²) in [6.45, 7) is 0. The van der Waals surface area contributed by atoms with Gasteiger partial charge in [0.25, 0.3) is 0 Å². The zero-order valence-corrected chi connectivity index (χ0v) is 9.47. The van der Waals surface area contributed by atoms with Gasteiger partial charge in [-0.3, -0.25) is 4.98 Å². The second-order valence-corrected chi connectivity index (χ2v) is 4.84. The van der Waals surface area contributed by atoms with E-state index in [-0.39, 0.29) is 21.0 Å². The van der Waals surface area contributed by atoms with Crippen molar-refractivity contribution in [2.45, 2.75) is 0 Å². The smallest absolute Gasteiger partial charge is 0.0771 e. The molecule has 0 N–H and O–H groups in total. The van der Waals surface area contributed by atoms with Gasteiger partial charge in [0.05, 0.1) is 11.2 Å². The maximum absolute atomic E-state index is 4.54. The minimum atomic E-state index is -0.107. The molecule has 3 heteroatoms. The zero-order valence-electron chi connectivity index (χ0n) is 7.31. The zero-order chi connectivity index (χ0) is 9.38. The van der Waals surface area contributed by atoms with Gasteiger partial charge >= 0.3 is 0 Å². The van der Waals surface area contributed by atoms with E-state index < -0.39 is 0 Å². The molecule has 2 nitrogen and oxygen atoms in total. The molecule has 0 amide bonds. The number of fused-ring (bicyclic) bond motifs is 2. The number of hydrogen-bond donors (Lipinski definition) is 0. The van der Waals surface area contributed by atoms with Gasteiger partial charge in [0.2, 0.25) is 0 Å². The summed E-state index contributed by atoms with van der Waals surface area (Å²) in [6, 6.07) is 8.27. The maximum Gasteiger partial charge on any atom is 0.0771 e. The maximum atomic E-state index is 4.54. The topological polar surface area (TPSA) is 25.2 Å². The van der Waals surface area contributed by atoms with E-state index in [1.165, 1.54) is 10.9 Å². The summed E-state index contributed by atoms with van der Waals surface area (Å²) >= 11 is -0.107. The monoisotopic (exact) mass is 294 g/mol. The molecule has 2 aromatic rings. The minimum Gasteiger partial charge on any atom is -0.256 e. The Kier molecular flexibility index (Phi) is 1.90. The molecule has 3 rings (SSSR count). The molecule has 68 valence electrons. The summed E-state index contributed by atoms with van der Waals surface area (Å²) in [7, 11) is 0. The van der Waals surface area contributed by atoms with Crippen LogP contribution in [-0.2, 0) is 0 Å². The number of aromatic nitrogens is 1. The van der Waals surface area contributed by atoms with Gasteiger partial charge < -0.3 is 0 Å². The number of halogens is 1. The van der Waals surface area contributed by atoms with E-state index in [0.29, 0.717) is 0 Å². The van der Waals surface area contributed by atoms with Crippen LogP contribution in [0.5, 0.6) is 0 Å². The Morgan fingerprint density at radius 1 is 1.21 bits per heavy atom. The van der Waals surface area contributed by atoms with Gasteiger partial charge in [-0.15, -0.1) is 0 Å². The molecule has 0 fully saturated rings. The van der Waals surface area contributed by atoms with Gasteiger partial charge in [0.1, 0.15) is 0 Å². The molecule has 1 aromatic heterocycles. The van der Waals surface area contributed by atoms with Crippen molar-refractivity contribution < 1.29 is 0 Å². The average Bonchev–Trinajstić information content (AvgIpc) is 2.26. The van der Waals surface area contributed by atoms with Crippen molar-refractivity contribution in [3.63, 3.8) is 0 Å². The second kappa shape index (κ2) is 3.24. The summed E-state index contributed by atoms with van der Waals surface area (Å²) in [5, 5.41) is 1.18. The first-order valence-corrected chi connectivity index (χ1v) is 6.54. The van der Waals surface area contributed by atoms with Crippen molar-refractivity contribution >= 4 is 43.7 Å². The van der Waals surface area contributed by atoms with Crippen LogP contribution in [0.25, 0.3) is 17.0 Å². The molecular weight excluding hydrogens is 287 g/mol. The quantitative estimate of drug-likeness (QED) is 0.674. The fourth-order valence-corrected chi connectivity index (χ4v) is 2.93. The van der Waals surface area contributed by atoms with E-state index in [4.69, 9.17) is 0 Å². The molecule has 0 radical (unpaired) electrons. The van der Waals surface area contributed by atoms with Crippen LogP contribution >= 0.6 is 21.0 Å². The van der Waals surface area contributed by atoms with Crippen molar-refractivity contribution in [1.29, 1.82) is 0 Å². The molecule has 0 spiro atoms. The average molecular weight is 294 g/mol. The van der Waals surface area contributed by atoms with E-state index in [1.54, 1.807) is 0 Å². The predicted molar refractivity (Wildman–Crippen MR) is 66.9 cm³/mol. The lowest BCUT2D eigenvalue weighted by Crippen LogP contribution is -1.81. The molecule has 0 saturated heterocycles. The normalized spacial score (nSPS) is 13.7. The molecular formula is C11H7IN2.